The lowest BCUT2D eigenvalue weighted by molar-refractivity contribution is 0.710. The van der Waals surface area contributed by atoms with Crippen molar-refractivity contribution in [3.8, 4) is 0 Å². The van der Waals surface area contributed by atoms with Crippen molar-refractivity contribution in [1.82, 2.24) is 9.36 Å². The summed E-state index contributed by atoms with van der Waals surface area (Å²) in [6, 6.07) is 0. The van der Waals surface area contributed by atoms with Gasteiger partial charge in [-0.15, -0.1) is 0 Å². The summed E-state index contributed by atoms with van der Waals surface area (Å²) in [5.74, 6) is 0. The van der Waals surface area contributed by atoms with Crippen LogP contribution < -0.4 is 4.90 Å². The largest absolute Gasteiger partial charge is 0.350 e. The molecule has 74 valence electrons. The Morgan fingerprint density at radius 2 is 2.31 bits per heavy atom. The van der Waals surface area contributed by atoms with E-state index in [0.29, 0.717) is 0 Å². The third-order valence-electron chi connectivity index (χ3n) is 1.80. The molecule has 0 amide bonds. The zero-order valence-electron chi connectivity index (χ0n) is 7.74. The van der Waals surface area contributed by atoms with Gasteiger partial charge in [-0.3, -0.25) is 0 Å². The number of hydrogen-bond acceptors (Lipinski definition) is 4. The maximum absolute atomic E-state index is 4.14. The zero-order valence-corrected chi connectivity index (χ0v) is 10.1. The van der Waals surface area contributed by atoms with Crippen LogP contribution in [0.3, 0.4) is 0 Å². The van der Waals surface area contributed by atoms with E-state index in [1.165, 1.54) is 30.8 Å². The normalized spacial score (nSPS) is 10.3. The lowest BCUT2D eigenvalue weighted by Gasteiger charge is -2.14. The van der Waals surface area contributed by atoms with E-state index in [1.807, 2.05) is 0 Å². The Hall–Kier alpha value is -0.160. The van der Waals surface area contributed by atoms with Crippen molar-refractivity contribution >= 4 is 32.6 Å². The molecule has 1 aromatic heterocycles. The summed E-state index contributed by atoms with van der Waals surface area (Å²) >= 11 is 4.87. The predicted octanol–water partition coefficient (Wildman–Crippen LogP) is 2.54. The predicted molar refractivity (Wildman–Crippen MR) is 60.8 cm³/mol. The average molecular weight is 264 g/mol. The van der Waals surface area contributed by atoms with Crippen LogP contribution in [0.2, 0.25) is 0 Å². The molecular weight excluding hydrogens is 250 g/mol. The highest BCUT2D eigenvalue weighted by Gasteiger charge is 2.02. The minimum Gasteiger partial charge on any atom is -0.350 e. The Balaban J connectivity index is 2.15. The van der Waals surface area contributed by atoms with Crippen molar-refractivity contribution in [2.24, 2.45) is 0 Å². The number of nitrogens with zero attached hydrogens (tertiary/aromatic N) is 3. The molecule has 0 aromatic carbocycles. The number of rotatable bonds is 6. The van der Waals surface area contributed by atoms with Crippen molar-refractivity contribution in [3.63, 3.8) is 0 Å². The van der Waals surface area contributed by atoms with E-state index in [9.17, 15) is 0 Å². The Morgan fingerprint density at radius 3 is 2.92 bits per heavy atom. The molecule has 0 radical (unpaired) electrons. The van der Waals surface area contributed by atoms with Crippen LogP contribution in [-0.4, -0.2) is 28.3 Å². The summed E-state index contributed by atoms with van der Waals surface area (Å²) in [5, 5.41) is 2.12. The monoisotopic (exact) mass is 263 g/mol. The fourth-order valence-electron chi connectivity index (χ4n) is 1.05. The van der Waals surface area contributed by atoms with Gasteiger partial charge in [-0.1, -0.05) is 22.4 Å². The number of aromatic nitrogens is 2. The fourth-order valence-corrected chi connectivity index (χ4v) is 1.96. The minimum atomic E-state index is 1.01. The molecule has 0 fully saturated rings. The molecule has 0 aliphatic heterocycles. The van der Waals surface area contributed by atoms with Crippen molar-refractivity contribution < 1.29 is 0 Å². The second-order valence-corrected chi connectivity index (χ2v) is 4.45. The van der Waals surface area contributed by atoms with E-state index >= 15 is 0 Å². The summed E-state index contributed by atoms with van der Waals surface area (Å²) in [7, 11) is 2.06. The van der Waals surface area contributed by atoms with Crippen LogP contribution in [0.5, 0.6) is 0 Å². The third kappa shape index (κ3) is 4.04. The molecule has 5 heteroatoms. The first-order valence-electron chi connectivity index (χ1n) is 4.38. The van der Waals surface area contributed by atoms with Gasteiger partial charge in [0.2, 0.25) is 5.13 Å². The molecule has 1 aromatic rings. The molecule has 13 heavy (non-hydrogen) atoms. The van der Waals surface area contributed by atoms with Crippen LogP contribution in [0, 0.1) is 0 Å². The van der Waals surface area contributed by atoms with Gasteiger partial charge in [0, 0.05) is 30.5 Å². The van der Waals surface area contributed by atoms with Gasteiger partial charge in [-0.25, -0.2) is 4.98 Å². The molecule has 0 spiro atoms. The van der Waals surface area contributed by atoms with Crippen molar-refractivity contribution in [3.05, 3.63) is 6.33 Å². The van der Waals surface area contributed by atoms with E-state index in [1.54, 1.807) is 6.33 Å². The SMILES string of the molecule is CN(CCCCCBr)c1ncns1. The van der Waals surface area contributed by atoms with Gasteiger partial charge in [0.15, 0.2) is 0 Å². The fraction of sp³-hybridized carbons (Fsp3) is 0.750. The topological polar surface area (TPSA) is 29.0 Å². The number of anilines is 1. The van der Waals surface area contributed by atoms with E-state index in [4.69, 9.17) is 0 Å². The smallest absolute Gasteiger partial charge is 0.204 e. The minimum absolute atomic E-state index is 1.01. The van der Waals surface area contributed by atoms with Crippen LogP contribution in [0.25, 0.3) is 0 Å². The van der Waals surface area contributed by atoms with E-state index in [2.05, 4.69) is 37.2 Å². The maximum atomic E-state index is 4.14. The van der Waals surface area contributed by atoms with E-state index < -0.39 is 0 Å². The second kappa shape index (κ2) is 6.32. The summed E-state index contributed by atoms with van der Waals surface area (Å²) in [5.41, 5.74) is 0. The van der Waals surface area contributed by atoms with Crippen LogP contribution in [0.4, 0.5) is 5.13 Å². The van der Waals surface area contributed by atoms with Gasteiger partial charge in [0.1, 0.15) is 6.33 Å². The molecule has 0 atom stereocenters. The molecule has 1 heterocycles. The van der Waals surface area contributed by atoms with Gasteiger partial charge in [0.25, 0.3) is 0 Å². The molecule has 0 aliphatic carbocycles. The maximum Gasteiger partial charge on any atom is 0.204 e. The van der Waals surface area contributed by atoms with Crippen molar-refractivity contribution in [1.29, 1.82) is 0 Å². The first-order chi connectivity index (χ1) is 6.34. The highest BCUT2D eigenvalue weighted by atomic mass is 79.9. The first-order valence-corrected chi connectivity index (χ1v) is 6.28. The standard InChI is InChI=1S/C8H14BrN3S/c1-12(6-4-2-3-5-9)8-10-7-11-13-8/h7H,2-6H2,1H3. The molecule has 3 nitrogen and oxygen atoms in total. The van der Waals surface area contributed by atoms with Gasteiger partial charge in [-0.2, -0.15) is 4.37 Å². The summed E-state index contributed by atoms with van der Waals surface area (Å²) in [6.07, 6.45) is 5.36. The summed E-state index contributed by atoms with van der Waals surface area (Å²) < 4.78 is 3.97. The molecule has 0 unspecified atom stereocenters. The van der Waals surface area contributed by atoms with Gasteiger partial charge in [-0.05, 0) is 12.8 Å². The molecular formula is C8H14BrN3S. The molecule has 0 saturated carbocycles. The number of alkyl halides is 1. The average Bonchev–Trinajstić information content (AvgIpc) is 2.65. The van der Waals surface area contributed by atoms with Crippen LogP contribution in [-0.2, 0) is 0 Å². The number of unbranched alkanes of at least 4 members (excludes halogenated alkanes) is 2. The molecule has 0 saturated heterocycles. The zero-order chi connectivity index (χ0) is 9.52. The highest BCUT2D eigenvalue weighted by Crippen LogP contribution is 2.13. The van der Waals surface area contributed by atoms with Crippen LogP contribution in [0.15, 0.2) is 6.33 Å². The number of hydrogen-bond donors (Lipinski definition) is 0. The Bertz CT molecular complexity index is 215. The van der Waals surface area contributed by atoms with Crippen LogP contribution in [0.1, 0.15) is 19.3 Å². The Kier molecular flexibility index (Phi) is 5.31. The first kappa shape index (κ1) is 10.9. The summed E-state index contributed by atoms with van der Waals surface area (Å²) in [6.45, 7) is 1.07. The van der Waals surface area contributed by atoms with Crippen molar-refractivity contribution in [2.75, 3.05) is 23.8 Å². The van der Waals surface area contributed by atoms with E-state index in [0.717, 1.165) is 17.0 Å². The second-order valence-electron chi connectivity index (χ2n) is 2.90. The highest BCUT2D eigenvalue weighted by molar-refractivity contribution is 9.09. The summed E-state index contributed by atoms with van der Waals surface area (Å²) in [4.78, 5) is 6.30. The quantitative estimate of drug-likeness (QED) is 0.584. The third-order valence-corrected chi connectivity index (χ3v) is 3.14. The van der Waals surface area contributed by atoms with Crippen LogP contribution >= 0.6 is 27.5 Å². The van der Waals surface area contributed by atoms with Crippen molar-refractivity contribution in [2.45, 2.75) is 19.3 Å². The lowest BCUT2D eigenvalue weighted by Crippen LogP contribution is -2.17. The Morgan fingerprint density at radius 1 is 1.46 bits per heavy atom. The van der Waals surface area contributed by atoms with Gasteiger partial charge >= 0.3 is 0 Å². The van der Waals surface area contributed by atoms with Gasteiger partial charge in [0.05, 0.1) is 0 Å². The molecule has 0 bridgehead atoms. The molecule has 0 aliphatic rings. The Labute approximate surface area is 91.5 Å². The lowest BCUT2D eigenvalue weighted by atomic mass is 10.2. The molecule has 1 rings (SSSR count). The van der Waals surface area contributed by atoms with E-state index in [-0.39, 0.29) is 0 Å². The molecule has 0 N–H and O–H groups in total. The number of halogens is 1. The van der Waals surface area contributed by atoms with Gasteiger partial charge < -0.3 is 4.90 Å².